The number of aryl methyl sites for hydroxylation is 1. The summed E-state index contributed by atoms with van der Waals surface area (Å²) in [5.74, 6) is 1.27. The molecule has 0 radical (unpaired) electrons. The second kappa shape index (κ2) is 5.82. The Hall–Kier alpha value is -1.62. The fraction of sp³-hybridized carbons (Fsp3) is 0.417. The fourth-order valence-electron chi connectivity index (χ4n) is 1.88. The van der Waals surface area contributed by atoms with E-state index < -0.39 is 0 Å². The number of hydrogen-bond donors (Lipinski definition) is 1. The average Bonchev–Trinajstić information content (AvgIpc) is 2.69. The lowest BCUT2D eigenvalue weighted by Gasteiger charge is -2.08. The zero-order chi connectivity index (χ0) is 13.0. The number of nitrogens with zero attached hydrogens (tertiary/aromatic N) is 3. The molecule has 0 aliphatic rings. The van der Waals surface area contributed by atoms with E-state index >= 15 is 0 Å². The number of rotatable bonds is 5. The van der Waals surface area contributed by atoms with Crippen molar-refractivity contribution < 1.29 is 4.79 Å². The van der Waals surface area contributed by atoms with E-state index in [-0.39, 0.29) is 12.5 Å². The molecule has 0 bridgehead atoms. The zero-order valence-electron chi connectivity index (χ0n) is 10.2. The topological polar surface area (TPSA) is 59.8 Å². The lowest BCUT2D eigenvalue weighted by atomic mass is 10.4. The number of amides is 1. The van der Waals surface area contributed by atoms with Gasteiger partial charge in [-0.3, -0.25) is 9.78 Å². The largest absolute Gasteiger partial charge is 0.355 e. The number of hydrogen-bond acceptors (Lipinski definition) is 3. The molecule has 5 nitrogen and oxygen atoms in total. The molecule has 2 aromatic heterocycles. The number of pyridine rings is 1. The summed E-state index contributed by atoms with van der Waals surface area (Å²) < 4.78 is 1.89. The Labute approximate surface area is 110 Å². The number of imidazole rings is 1. The van der Waals surface area contributed by atoms with Gasteiger partial charge >= 0.3 is 0 Å². The standard InChI is InChI=1S/C12H15ClN4O/c1-2-15-12(18)8-17-10-4-6-14-7-9(10)16-11(17)3-5-13/h4,6-7H,2-3,5,8H2,1H3,(H,15,18). The second-order valence-electron chi connectivity index (χ2n) is 3.87. The van der Waals surface area contributed by atoms with Crippen molar-refractivity contribution in [1.29, 1.82) is 0 Å². The van der Waals surface area contributed by atoms with Crippen molar-refractivity contribution >= 4 is 28.5 Å². The van der Waals surface area contributed by atoms with Crippen molar-refractivity contribution in [3.63, 3.8) is 0 Å². The van der Waals surface area contributed by atoms with Gasteiger partial charge in [-0.05, 0) is 13.0 Å². The van der Waals surface area contributed by atoms with Crippen molar-refractivity contribution in [3.05, 3.63) is 24.3 Å². The van der Waals surface area contributed by atoms with Crippen LogP contribution in [0.5, 0.6) is 0 Å². The quantitative estimate of drug-likeness (QED) is 0.831. The predicted octanol–water partition coefficient (Wildman–Crippen LogP) is 1.35. The molecule has 0 aliphatic carbocycles. The van der Waals surface area contributed by atoms with Crippen molar-refractivity contribution in [2.75, 3.05) is 12.4 Å². The number of alkyl halides is 1. The van der Waals surface area contributed by atoms with E-state index in [1.165, 1.54) is 0 Å². The van der Waals surface area contributed by atoms with Gasteiger partial charge in [0.1, 0.15) is 17.9 Å². The van der Waals surface area contributed by atoms with Gasteiger partial charge in [-0.2, -0.15) is 0 Å². The van der Waals surface area contributed by atoms with Crippen LogP contribution in [0, 0.1) is 0 Å². The van der Waals surface area contributed by atoms with Gasteiger partial charge in [0, 0.05) is 25.0 Å². The van der Waals surface area contributed by atoms with E-state index in [1.54, 1.807) is 12.4 Å². The molecule has 18 heavy (non-hydrogen) atoms. The van der Waals surface area contributed by atoms with Crippen LogP contribution in [0.4, 0.5) is 0 Å². The van der Waals surface area contributed by atoms with Crippen molar-refractivity contribution in [2.45, 2.75) is 19.9 Å². The van der Waals surface area contributed by atoms with Gasteiger partial charge in [0.2, 0.25) is 5.91 Å². The average molecular weight is 267 g/mol. The van der Waals surface area contributed by atoms with Crippen LogP contribution in [-0.2, 0) is 17.8 Å². The minimum absolute atomic E-state index is 0.0237. The van der Waals surface area contributed by atoms with Gasteiger partial charge in [-0.25, -0.2) is 4.98 Å². The Morgan fingerprint density at radius 3 is 3.11 bits per heavy atom. The van der Waals surface area contributed by atoms with Crippen LogP contribution in [0.25, 0.3) is 11.0 Å². The van der Waals surface area contributed by atoms with Crippen molar-refractivity contribution in [3.8, 4) is 0 Å². The van der Waals surface area contributed by atoms with Gasteiger partial charge in [0.25, 0.3) is 0 Å². The van der Waals surface area contributed by atoms with E-state index in [1.807, 2.05) is 17.6 Å². The summed E-state index contributed by atoms with van der Waals surface area (Å²) in [4.78, 5) is 20.2. The highest BCUT2D eigenvalue weighted by molar-refractivity contribution is 6.17. The first-order valence-electron chi connectivity index (χ1n) is 5.88. The molecule has 2 heterocycles. The lowest BCUT2D eigenvalue weighted by Crippen LogP contribution is -2.27. The Balaban J connectivity index is 2.38. The molecule has 0 atom stereocenters. The summed E-state index contributed by atoms with van der Waals surface area (Å²) in [6, 6.07) is 1.86. The molecular weight excluding hydrogens is 252 g/mol. The summed E-state index contributed by atoms with van der Waals surface area (Å²) in [7, 11) is 0. The summed E-state index contributed by atoms with van der Waals surface area (Å²) in [5.41, 5.74) is 1.71. The van der Waals surface area contributed by atoms with Crippen LogP contribution in [0.15, 0.2) is 18.5 Å². The molecule has 0 fully saturated rings. The SMILES string of the molecule is CCNC(=O)Cn1c(CCCl)nc2cnccc21. The molecule has 2 rings (SSSR count). The Kier molecular flexibility index (Phi) is 4.15. The molecule has 0 spiro atoms. The Morgan fingerprint density at radius 2 is 2.39 bits per heavy atom. The van der Waals surface area contributed by atoms with Crippen LogP contribution >= 0.6 is 11.6 Å². The number of nitrogens with one attached hydrogen (secondary N) is 1. The number of carbonyl (C=O) groups excluding carboxylic acids is 1. The highest BCUT2D eigenvalue weighted by atomic mass is 35.5. The van der Waals surface area contributed by atoms with Gasteiger partial charge < -0.3 is 9.88 Å². The van der Waals surface area contributed by atoms with E-state index in [0.29, 0.717) is 18.8 Å². The minimum Gasteiger partial charge on any atom is -0.355 e. The first-order valence-corrected chi connectivity index (χ1v) is 6.41. The minimum atomic E-state index is -0.0237. The number of aromatic nitrogens is 3. The predicted molar refractivity (Wildman–Crippen MR) is 70.6 cm³/mol. The highest BCUT2D eigenvalue weighted by Gasteiger charge is 2.12. The van der Waals surface area contributed by atoms with Crippen LogP contribution in [0.1, 0.15) is 12.7 Å². The Bertz CT molecular complexity index is 552. The maximum atomic E-state index is 11.7. The number of likely N-dealkylation sites (N-methyl/N-ethyl adjacent to an activating group) is 1. The van der Waals surface area contributed by atoms with Crippen molar-refractivity contribution in [2.24, 2.45) is 0 Å². The van der Waals surface area contributed by atoms with E-state index in [9.17, 15) is 4.79 Å². The van der Waals surface area contributed by atoms with E-state index in [0.717, 1.165) is 16.9 Å². The second-order valence-corrected chi connectivity index (χ2v) is 4.25. The third kappa shape index (κ3) is 2.61. The smallest absolute Gasteiger partial charge is 0.239 e. The van der Waals surface area contributed by atoms with Crippen LogP contribution < -0.4 is 5.32 Å². The molecular formula is C12H15ClN4O. The normalized spacial score (nSPS) is 10.8. The maximum Gasteiger partial charge on any atom is 0.239 e. The molecule has 2 aromatic rings. The molecule has 0 saturated carbocycles. The third-order valence-electron chi connectivity index (χ3n) is 2.62. The molecule has 1 N–H and O–H groups in total. The molecule has 96 valence electrons. The molecule has 0 saturated heterocycles. The number of fused-ring (bicyclic) bond motifs is 1. The summed E-state index contributed by atoms with van der Waals surface area (Å²) in [6.45, 7) is 2.78. The summed E-state index contributed by atoms with van der Waals surface area (Å²) in [5, 5.41) is 2.78. The van der Waals surface area contributed by atoms with Crippen LogP contribution in [0.2, 0.25) is 0 Å². The zero-order valence-corrected chi connectivity index (χ0v) is 10.9. The van der Waals surface area contributed by atoms with E-state index in [2.05, 4.69) is 15.3 Å². The monoisotopic (exact) mass is 266 g/mol. The van der Waals surface area contributed by atoms with Gasteiger partial charge in [-0.15, -0.1) is 11.6 Å². The maximum absolute atomic E-state index is 11.7. The first kappa shape index (κ1) is 12.8. The van der Waals surface area contributed by atoms with Gasteiger partial charge in [-0.1, -0.05) is 0 Å². The molecule has 0 aromatic carbocycles. The number of carbonyl (C=O) groups is 1. The summed E-state index contributed by atoms with van der Waals surface area (Å²) in [6.07, 6.45) is 4.03. The van der Waals surface area contributed by atoms with Gasteiger partial charge in [0.05, 0.1) is 11.7 Å². The molecule has 0 unspecified atom stereocenters. The number of halogens is 1. The van der Waals surface area contributed by atoms with Crippen LogP contribution in [-0.4, -0.2) is 32.9 Å². The Morgan fingerprint density at radius 1 is 1.56 bits per heavy atom. The van der Waals surface area contributed by atoms with Crippen molar-refractivity contribution in [1.82, 2.24) is 19.9 Å². The first-order chi connectivity index (χ1) is 8.76. The lowest BCUT2D eigenvalue weighted by molar-refractivity contribution is -0.121. The molecule has 1 amide bonds. The van der Waals surface area contributed by atoms with Gasteiger partial charge in [0.15, 0.2) is 0 Å². The third-order valence-corrected chi connectivity index (χ3v) is 2.81. The highest BCUT2D eigenvalue weighted by Crippen LogP contribution is 2.15. The molecule has 6 heteroatoms. The van der Waals surface area contributed by atoms with Crippen LogP contribution in [0.3, 0.4) is 0 Å². The summed E-state index contributed by atoms with van der Waals surface area (Å²) >= 11 is 5.76. The van der Waals surface area contributed by atoms with E-state index in [4.69, 9.17) is 11.6 Å². The fourth-order valence-corrected chi connectivity index (χ4v) is 2.05. The molecule has 0 aliphatic heterocycles.